The molecule has 2 aliphatic rings. The monoisotopic (exact) mass is 983 g/mol. The molecule has 0 unspecified atom stereocenters. The zero-order valence-corrected chi connectivity index (χ0v) is 39.1. The molecular weight excluding hydrogens is 938 g/mol. The number of hydrogen-bond donors (Lipinski definition) is 5. The maximum atomic E-state index is 11.7. The number of fused-ring (bicyclic) bond motifs is 2. The Bertz CT molecular complexity index is 2810. The van der Waals surface area contributed by atoms with Crippen molar-refractivity contribution in [2.45, 2.75) is 76.5 Å². The molecule has 4 atom stereocenters. The van der Waals surface area contributed by atoms with Crippen LogP contribution >= 0.6 is 23.2 Å². The van der Waals surface area contributed by atoms with Crippen LogP contribution in [0.15, 0.2) is 97.6 Å². The van der Waals surface area contributed by atoms with Crippen molar-refractivity contribution in [2.24, 2.45) is 5.92 Å². The molecule has 70 heavy (non-hydrogen) atoms. The molecule has 0 aliphatic heterocycles. The Hall–Kier alpha value is -7.24. The Morgan fingerprint density at radius 3 is 1.87 bits per heavy atom. The number of benzene rings is 4. The number of aromatic nitrogens is 2. The van der Waals surface area contributed by atoms with E-state index in [9.17, 15) is 35.3 Å². The molecule has 2 aromatic heterocycles. The van der Waals surface area contributed by atoms with Crippen molar-refractivity contribution in [3.8, 4) is 40.2 Å². The molecule has 0 fully saturated rings. The van der Waals surface area contributed by atoms with E-state index in [1.54, 1.807) is 48.8 Å². The lowest BCUT2D eigenvalue weighted by Gasteiger charge is -2.21. The maximum Gasteiger partial charge on any atom is 0.323 e. The van der Waals surface area contributed by atoms with Gasteiger partial charge in [-0.25, -0.2) is 4.85 Å². The second-order valence-electron chi connectivity index (χ2n) is 17.0. The van der Waals surface area contributed by atoms with Gasteiger partial charge in [0.2, 0.25) is 5.69 Å². The Morgan fingerprint density at radius 2 is 1.33 bits per heavy atom. The first-order valence-electron chi connectivity index (χ1n) is 22.5. The van der Waals surface area contributed by atoms with Gasteiger partial charge in [0.1, 0.15) is 60.5 Å². The molecule has 0 amide bonds. The Kier molecular flexibility index (Phi) is 15.8. The molecular formula is C53H47Cl2N5O10. The number of nitriles is 1. The molecule has 0 spiro atoms. The Balaban J connectivity index is 1.03. The number of nitrogens with one attached hydrogen (secondary N) is 1. The normalized spacial score (nSPS) is 15.5. The number of aliphatic hydroxyl groups is 2. The van der Waals surface area contributed by atoms with Crippen LogP contribution in [0.25, 0.3) is 16.0 Å². The highest BCUT2D eigenvalue weighted by molar-refractivity contribution is 6.32. The third-order valence-corrected chi connectivity index (χ3v) is 13.1. The molecule has 2 heterocycles. The minimum Gasteiger partial charge on any atom is -0.488 e. The zero-order valence-electron chi connectivity index (χ0n) is 37.6. The summed E-state index contributed by atoms with van der Waals surface area (Å²) in [5, 5.41) is 51.2. The van der Waals surface area contributed by atoms with E-state index in [0.29, 0.717) is 74.4 Å². The maximum absolute atomic E-state index is 11.7. The van der Waals surface area contributed by atoms with Crippen molar-refractivity contribution in [3.63, 3.8) is 0 Å². The van der Waals surface area contributed by atoms with Gasteiger partial charge in [-0.2, -0.15) is 5.26 Å². The highest BCUT2D eigenvalue weighted by atomic mass is 35.5. The number of rotatable bonds is 21. The molecule has 15 nitrogen and oxygen atoms in total. The lowest BCUT2D eigenvalue weighted by Crippen LogP contribution is -2.39. The lowest BCUT2D eigenvalue weighted by atomic mass is 9.91. The fourth-order valence-corrected chi connectivity index (χ4v) is 9.33. The van der Waals surface area contributed by atoms with Crippen LogP contribution in [0.3, 0.4) is 0 Å². The molecule has 0 bridgehead atoms. The van der Waals surface area contributed by atoms with Crippen molar-refractivity contribution in [3.05, 3.63) is 169 Å². The van der Waals surface area contributed by atoms with Gasteiger partial charge < -0.3 is 39.4 Å². The van der Waals surface area contributed by atoms with Crippen molar-refractivity contribution in [1.29, 1.82) is 5.26 Å². The fraction of sp³-hybridized carbons (Fsp3) is 0.283. The van der Waals surface area contributed by atoms with Gasteiger partial charge in [0.05, 0.1) is 41.3 Å². The number of aryl methyl sites for hydroxylation is 1. The van der Waals surface area contributed by atoms with E-state index in [-0.39, 0.29) is 49.8 Å². The van der Waals surface area contributed by atoms with Crippen molar-refractivity contribution >= 4 is 40.8 Å². The van der Waals surface area contributed by atoms with Crippen molar-refractivity contribution in [2.75, 3.05) is 13.2 Å². The summed E-state index contributed by atoms with van der Waals surface area (Å²) in [4.78, 5) is 35.1. The minimum atomic E-state index is -1.21. The number of pyridine rings is 2. The van der Waals surface area contributed by atoms with E-state index in [2.05, 4.69) is 50.5 Å². The molecule has 6 aromatic rings. The van der Waals surface area contributed by atoms with Crippen LogP contribution < -0.4 is 24.3 Å². The van der Waals surface area contributed by atoms with Gasteiger partial charge in [-0.05, 0) is 107 Å². The van der Waals surface area contributed by atoms with E-state index in [4.69, 9.17) is 48.7 Å². The second-order valence-corrected chi connectivity index (χ2v) is 17.8. The summed E-state index contributed by atoms with van der Waals surface area (Å²) in [7, 11) is 0. The molecule has 8 rings (SSSR count). The highest BCUT2D eigenvalue weighted by Gasteiger charge is 2.32. The smallest absolute Gasteiger partial charge is 0.323 e. The molecule has 0 saturated heterocycles. The average molecular weight is 985 g/mol. The summed E-state index contributed by atoms with van der Waals surface area (Å²) in [6.07, 6.45) is 8.66. The van der Waals surface area contributed by atoms with Crippen LogP contribution in [0.5, 0.6) is 23.0 Å². The van der Waals surface area contributed by atoms with Crippen molar-refractivity contribution in [1.82, 2.24) is 15.3 Å². The molecule has 2 aliphatic carbocycles. The highest BCUT2D eigenvalue weighted by Crippen LogP contribution is 2.47. The van der Waals surface area contributed by atoms with Gasteiger partial charge in [0, 0.05) is 54.6 Å². The number of aliphatic hydroxyl groups excluding tert-OH is 2. The first-order valence-corrected chi connectivity index (χ1v) is 23.3. The molecule has 358 valence electrons. The number of carbonyl (C=O) groups is 2. The Labute approximate surface area is 413 Å². The average Bonchev–Trinajstić information content (AvgIpc) is 3.98. The van der Waals surface area contributed by atoms with Gasteiger partial charge in [-0.1, -0.05) is 59.6 Å². The molecule has 5 N–H and O–H groups in total. The van der Waals surface area contributed by atoms with Crippen molar-refractivity contribution < 1.29 is 49.0 Å². The van der Waals surface area contributed by atoms with E-state index < -0.39 is 37.1 Å². The second kappa shape index (κ2) is 22.5. The first-order chi connectivity index (χ1) is 34.0. The van der Waals surface area contributed by atoms with E-state index in [0.717, 1.165) is 46.2 Å². The summed E-state index contributed by atoms with van der Waals surface area (Å²) < 4.78 is 25.9. The van der Waals surface area contributed by atoms with Gasteiger partial charge >= 0.3 is 11.9 Å². The topological polar surface area (TPSA) is 218 Å². The first kappa shape index (κ1) is 49.2. The fourth-order valence-electron chi connectivity index (χ4n) is 8.87. The number of aliphatic carboxylic acids is 2. The predicted molar refractivity (Wildman–Crippen MR) is 258 cm³/mol. The number of nitrogens with zero attached hydrogens (tertiary/aromatic N) is 4. The van der Waals surface area contributed by atoms with Crippen LogP contribution in [0.1, 0.15) is 81.5 Å². The quantitative estimate of drug-likeness (QED) is 0.0425. The van der Waals surface area contributed by atoms with E-state index in [1.807, 2.05) is 12.1 Å². The van der Waals surface area contributed by atoms with Crippen LogP contribution in [-0.2, 0) is 48.6 Å². The van der Waals surface area contributed by atoms with Crippen LogP contribution in [0.2, 0.25) is 10.0 Å². The van der Waals surface area contributed by atoms with Gasteiger partial charge in [-0.3, -0.25) is 24.9 Å². The SMILES string of the molecule is [C-]#[N+]c1cncc(COc2cc(O[C@H]3CCc4c(-c5cccc6c5CC[C@@H]6Oc5cc(OCc6cncc(C#N)c6)c(CN[C@@H](CO)C(=O)O)cc5Cl)cccc43)c(Cl)cc2CC[C@@H](CO)C(=O)O)c1. The summed E-state index contributed by atoms with van der Waals surface area (Å²) in [6, 6.07) is 23.4. The molecule has 0 radical (unpaired) electrons. The van der Waals surface area contributed by atoms with E-state index in [1.165, 1.54) is 12.4 Å². The standard InChI is InChI=1S/C53H47Cl2N5O10/c1-57-36-15-32(23-59-25-36)29-67-48-18-50(43(54)16-33(48)8-9-34(26-61)52(63)64)69-46-12-10-39-37(4-2-6-41(39)46)38-5-3-7-42-40(38)11-13-47(42)70-51-19-49(68-28-31-14-30(20-56)21-58-22-31)35(17-44(51)55)24-60-45(27-62)53(65)66/h2-7,14-19,21-23,25,34,45-47,60-62H,8-13,24,26-29H2,(H,63,64)(H,65,66)/t34-,45-,46-,47-/m0/s1. The number of hydrogen-bond acceptors (Lipinski definition) is 12. The molecule has 4 aromatic carbocycles. The predicted octanol–water partition coefficient (Wildman–Crippen LogP) is 9.32. The third kappa shape index (κ3) is 11.3. The molecule has 17 heteroatoms. The van der Waals surface area contributed by atoms with Gasteiger partial charge in [0.15, 0.2) is 0 Å². The summed E-state index contributed by atoms with van der Waals surface area (Å²) in [6.45, 7) is 6.40. The summed E-state index contributed by atoms with van der Waals surface area (Å²) in [5.41, 5.74) is 9.75. The van der Waals surface area contributed by atoms with Crippen LogP contribution in [-0.4, -0.2) is 61.6 Å². The summed E-state index contributed by atoms with van der Waals surface area (Å²) in [5.74, 6) is -1.71. The number of carboxylic acids is 2. The largest absolute Gasteiger partial charge is 0.488 e. The lowest BCUT2D eigenvalue weighted by molar-refractivity contribution is -0.143. The molecule has 0 saturated carbocycles. The number of ether oxygens (including phenoxy) is 4. The number of carboxylic acid groups (broad SMARTS) is 2. The third-order valence-electron chi connectivity index (χ3n) is 12.5. The van der Waals surface area contributed by atoms with Crippen LogP contribution in [0, 0.1) is 23.8 Å². The van der Waals surface area contributed by atoms with Crippen LogP contribution in [0.4, 0.5) is 5.69 Å². The summed E-state index contributed by atoms with van der Waals surface area (Å²) >= 11 is 13.8. The van der Waals surface area contributed by atoms with E-state index >= 15 is 0 Å². The zero-order chi connectivity index (χ0) is 49.3. The van der Waals surface area contributed by atoms with Gasteiger partial charge in [-0.15, -0.1) is 0 Å². The van der Waals surface area contributed by atoms with Gasteiger partial charge in [0.25, 0.3) is 0 Å². The number of halogens is 2. The Morgan fingerprint density at radius 1 is 0.757 bits per heavy atom. The minimum absolute atomic E-state index is 0.0168.